The van der Waals surface area contributed by atoms with Crippen molar-refractivity contribution in [3.05, 3.63) is 63.1 Å². The van der Waals surface area contributed by atoms with Gasteiger partial charge in [0.2, 0.25) is 5.91 Å². The first kappa shape index (κ1) is 15.6. The highest BCUT2D eigenvalue weighted by molar-refractivity contribution is 9.10. The zero-order valence-electron chi connectivity index (χ0n) is 12.4. The Kier molecular flexibility index (Phi) is 4.68. The highest BCUT2D eigenvalue weighted by atomic mass is 79.9. The molecule has 0 spiro atoms. The van der Waals surface area contributed by atoms with Crippen LogP contribution < -0.4 is 11.1 Å². The molecular formula is C17H19BrN2O. The highest BCUT2D eigenvalue weighted by Crippen LogP contribution is 2.26. The van der Waals surface area contributed by atoms with Crippen molar-refractivity contribution >= 4 is 27.5 Å². The van der Waals surface area contributed by atoms with Crippen molar-refractivity contribution in [3.63, 3.8) is 0 Å². The van der Waals surface area contributed by atoms with E-state index in [4.69, 9.17) is 5.73 Å². The number of rotatable bonds is 4. The van der Waals surface area contributed by atoms with Gasteiger partial charge in [-0.05, 0) is 67.3 Å². The largest absolute Gasteiger partial charge is 0.370 e. The van der Waals surface area contributed by atoms with Crippen LogP contribution in [-0.4, -0.2) is 5.91 Å². The summed E-state index contributed by atoms with van der Waals surface area (Å²) in [4.78, 5) is 11.9. The molecule has 0 aliphatic carbocycles. The molecule has 4 heteroatoms. The molecule has 0 fully saturated rings. The van der Waals surface area contributed by atoms with Gasteiger partial charge in [0.15, 0.2) is 0 Å². The predicted octanol–water partition coefficient (Wildman–Crippen LogP) is 4.01. The third-order valence-corrected chi connectivity index (χ3v) is 4.16. The van der Waals surface area contributed by atoms with Gasteiger partial charge < -0.3 is 11.1 Å². The number of anilines is 1. The molecule has 0 bridgehead atoms. The van der Waals surface area contributed by atoms with Crippen molar-refractivity contribution in [1.82, 2.24) is 0 Å². The van der Waals surface area contributed by atoms with Crippen molar-refractivity contribution in [2.75, 3.05) is 5.32 Å². The van der Waals surface area contributed by atoms with Gasteiger partial charge in [-0.1, -0.05) is 28.1 Å². The Morgan fingerprint density at radius 1 is 1.05 bits per heavy atom. The minimum Gasteiger partial charge on any atom is -0.370 e. The van der Waals surface area contributed by atoms with E-state index in [9.17, 15) is 4.79 Å². The normalized spacial score (nSPS) is 12.0. The van der Waals surface area contributed by atoms with Crippen LogP contribution in [0.3, 0.4) is 0 Å². The molecule has 21 heavy (non-hydrogen) atoms. The number of hydrogen-bond donors (Lipinski definition) is 2. The first-order valence-electron chi connectivity index (χ1n) is 6.77. The minimum atomic E-state index is -0.537. The van der Waals surface area contributed by atoms with E-state index in [1.54, 1.807) is 0 Å². The number of nitrogens with one attached hydrogen (secondary N) is 1. The molecule has 2 aromatic rings. The zero-order valence-corrected chi connectivity index (χ0v) is 14.0. The summed E-state index contributed by atoms with van der Waals surface area (Å²) in [5.74, 6) is -0.385. The lowest BCUT2D eigenvalue weighted by Gasteiger charge is -2.20. The van der Waals surface area contributed by atoms with Crippen LogP contribution in [0, 0.1) is 20.8 Å². The number of hydrogen-bond acceptors (Lipinski definition) is 2. The number of carbonyl (C=O) groups excluding carboxylic acids is 1. The third kappa shape index (κ3) is 3.64. The number of primary amides is 1. The van der Waals surface area contributed by atoms with Crippen LogP contribution in [0.25, 0.3) is 0 Å². The first-order valence-corrected chi connectivity index (χ1v) is 7.57. The van der Waals surface area contributed by atoms with Gasteiger partial charge in [0.1, 0.15) is 6.04 Å². The Labute approximate surface area is 133 Å². The number of halogens is 1. The van der Waals surface area contributed by atoms with E-state index in [0.29, 0.717) is 0 Å². The summed E-state index contributed by atoms with van der Waals surface area (Å²) in [5.41, 5.74) is 10.8. The van der Waals surface area contributed by atoms with E-state index in [-0.39, 0.29) is 5.91 Å². The average molecular weight is 347 g/mol. The zero-order chi connectivity index (χ0) is 15.6. The molecule has 0 heterocycles. The molecule has 1 atom stereocenters. The van der Waals surface area contributed by atoms with Crippen LogP contribution in [0.5, 0.6) is 0 Å². The van der Waals surface area contributed by atoms with Gasteiger partial charge in [0.25, 0.3) is 0 Å². The van der Waals surface area contributed by atoms with Crippen molar-refractivity contribution in [1.29, 1.82) is 0 Å². The van der Waals surface area contributed by atoms with Crippen molar-refractivity contribution in [3.8, 4) is 0 Å². The molecule has 0 saturated carbocycles. The number of amides is 1. The molecule has 2 aromatic carbocycles. The Bertz CT molecular complexity index is 665. The Morgan fingerprint density at radius 3 is 2.19 bits per heavy atom. The van der Waals surface area contributed by atoms with Crippen LogP contribution in [0.2, 0.25) is 0 Å². The van der Waals surface area contributed by atoms with Crippen molar-refractivity contribution in [2.24, 2.45) is 5.73 Å². The molecule has 0 aliphatic rings. The molecule has 3 N–H and O–H groups in total. The quantitative estimate of drug-likeness (QED) is 0.878. The molecule has 2 rings (SSSR count). The lowest BCUT2D eigenvalue weighted by Crippen LogP contribution is -2.28. The van der Waals surface area contributed by atoms with E-state index in [2.05, 4.69) is 34.2 Å². The summed E-state index contributed by atoms with van der Waals surface area (Å²) in [6, 6.07) is 11.3. The smallest absolute Gasteiger partial charge is 0.244 e. The summed E-state index contributed by atoms with van der Waals surface area (Å²) in [6.45, 7) is 6.10. The summed E-state index contributed by atoms with van der Waals surface area (Å²) in [7, 11) is 0. The number of nitrogens with two attached hydrogens (primary N) is 1. The summed E-state index contributed by atoms with van der Waals surface area (Å²) in [5, 5.41) is 3.21. The number of carbonyl (C=O) groups is 1. The van der Waals surface area contributed by atoms with Crippen molar-refractivity contribution in [2.45, 2.75) is 26.8 Å². The summed E-state index contributed by atoms with van der Waals surface area (Å²) < 4.78 is 0.992. The van der Waals surface area contributed by atoms with Crippen LogP contribution in [0.15, 0.2) is 40.9 Å². The van der Waals surface area contributed by atoms with Crippen LogP contribution >= 0.6 is 15.9 Å². The van der Waals surface area contributed by atoms with E-state index < -0.39 is 6.04 Å². The highest BCUT2D eigenvalue weighted by Gasteiger charge is 2.20. The standard InChI is InChI=1S/C17H19BrN2O/c1-10-8-12(3)15(9-11(10)2)16(17(19)21)20-14-6-4-13(18)5-7-14/h4-9,16,20H,1-3H3,(H2,19,21). The fourth-order valence-corrected chi connectivity index (χ4v) is 2.57. The van der Waals surface area contributed by atoms with Crippen molar-refractivity contribution < 1.29 is 4.79 Å². The maximum atomic E-state index is 11.9. The van der Waals surface area contributed by atoms with E-state index >= 15 is 0 Å². The van der Waals surface area contributed by atoms with Gasteiger partial charge in [-0.15, -0.1) is 0 Å². The lowest BCUT2D eigenvalue weighted by atomic mass is 9.95. The van der Waals surface area contributed by atoms with Gasteiger partial charge in [-0.3, -0.25) is 4.79 Å². The third-order valence-electron chi connectivity index (χ3n) is 3.63. The molecule has 0 saturated heterocycles. The first-order chi connectivity index (χ1) is 9.88. The molecule has 0 aliphatic heterocycles. The van der Waals surface area contributed by atoms with E-state index in [0.717, 1.165) is 26.9 Å². The van der Waals surface area contributed by atoms with Gasteiger partial charge >= 0.3 is 0 Å². The van der Waals surface area contributed by atoms with Crippen LogP contribution in [-0.2, 0) is 4.79 Å². The fraction of sp³-hybridized carbons (Fsp3) is 0.235. The van der Waals surface area contributed by atoms with Gasteiger partial charge in [0, 0.05) is 10.2 Å². The second kappa shape index (κ2) is 6.31. The molecular weight excluding hydrogens is 328 g/mol. The van der Waals surface area contributed by atoms with Crippen LogP contribution in [0.4, 0.5) is 5.69 Å². The van der Waals surface area contributed by atoms with E-state index in [1.807, 2.05) is 44.2 Å². The fourth-order valence-electron chi connectivity index (χ4n) is 2.31. The molecule has 0 radical (unpaired) electrons. The minimum absolute atomic E-state index is 0.385. The maximum absolute atomic E-state index is 11.9. The monoisotopic (exact) mass is 346 g/mol. The number of benzene rings is 2. The van der Waals surface area contributed by atoms with Gasteiger partial charge in [-0.25, -0.2) is 0 Å². The number of aryl methyl sites for hydroxylation is 3. The molecule has 110 valence electrons. The van der Waals surface area contributed by atoms with Crippen LogP contribution in [0.1, 0.15) is 28.3 Å². The van der Waals surface area contributed by atoms with Gasteiger partial charge in [-0.2, -0.15) is 0 Å². The second-order valence-electron chi connectivity index (χ2n) is 5.28. The lowest BCUT2D eigenvalue weighted by molar-refractivity contribution is -0.118. The van der Waals surface area contributed by atoms with Gasteiger partial charge in [0.05, 0.1) is 0 Å². The Hall–Kier alpha value is -1.81. The Balaban J connectivity index is 2.38. The molecule has 1 amide bonds. The summed E-state index contributed by atoms with van der Waals surface area (Å²) in [6.07, 6.45) is 0. The topological polar surface area (TPSA) is 55.1 Å². The van der Waals surface area contributed by atoms with E-state index in [1.165, 1.54) is 5.56 Å². The summed E-state index contributed by atoms with van der Waals surface area (Å²) >= 11 is 3.40. The molecule has 0 aromatic heterocycles. The molecule has 1 unspecified atom stereocenters. The maximum Gasteiger partial charge on any atom is 0.244 e. The SMILES string of the molecule is Cc1cc(C)c(C(Nc2ccc(Br)cc2)C(N)=O)cc1C. The average Bonchev–Trinajstić information content (AvgIpc) is 2.42. The molecule has 3 nitrogen and oxygen atoms in total. The Morgan fingerprint density at radius 2 is 1.62 bits per heavy atom. The second-order valence-corrected chi connectivity index (χ2v) is 6.20. The predicted molar refractivity (Wildman–Crippen MR) is 90.4 cm³/mol.